The first-order valence-corrected chi connectivity index (χ1v) is 6.64. The van der Waals surface area contributed by atoms with E-state index in [9.17, 15) is 4.79 Å². The highest BCUT2D eigenvalue weighted by Gasteiger charge is 2.14. The van der Waals surface area contributed by atoms with Gasteiger partial charge in [-0.2, -0.15) is 0 Å². The Morgan fingerprint density at radius 3 is 2.75 bits per heavy atom. The molecule has 0 aliphatic carbocycles. The van der Waals surface area contributed by atoms with Crippen LogP contribution in [0.4, 0.5) is 0 Å². The molecule has 0 amide bonds. The van der Waals surface area contributed by atoms with E-state index in [-0.39, 0.29) is 6.61 Å². The fourth-order valence-corrected chi connectivity index (χ4v) is 1.89. The summed E-state index contributed by atoms with van der Waals surface area (Å²) in [5.41, 5.74) is 0.613. The van der Waals surface area contributed by atoms with E-state index in [4.69, 9.17) is 14.2 Å². The molecule has 0 heterocycles. The van der Waals surface area contributed by atoms with Crippen molar-refractivity contribution < 1.29 is 23.8 Å². The first-order valence-electron chi connectivity index (χ1n) is 5.84. The van der Waals surface area contributed by atoms with Crippen molar-refractivity contribution in [3.8, 4) is 11.5 Å². The minimum Gasteiger partial charge on any atom is -0.493 e. The zero-order valence-electron chi connectivity index (χ0n) is 11.5. The topological polar surface area (TPSA) is 66.4 Å². The van der Waals surface area contributed by atoms with Gasteiger partial charge in [-0.1, -0.05) is 21.1 Å². The van der Waals surface area contributed by atoms with Crippen LogP contribution >= 0.6 is 15.9 Å². The number of rotatable bonds is 7. The Hall–Kier alpha value is -1.76. The third-order valence-corrected chi connectivity index (χ3v) is 2.66. The van der Waals surface area contributed by atoms with Crippen molar-refractivity contribution in [3.63, 3.8) is 0 Å². The van der Waals surface area contributed by atoms with Gasteiger partial charge in [-0.3, -0.25) is 0 Å². The number of carbonyl (C=O) groups excluding carboxylic acids is 1. The molecule has 0 aliphatic rings. The van der Waals surface area contributed by atoms with Gasteiger partial charge in [0.25, 0.3) is 0 Å². The maximum atomic E-state index is 11.4. The number of esters is 1. The summed E-state index contributed by atoms with van der Waals surface area (Å²) in [5, 5.41) is 3.69. The fourth-order valence-electron chi connectivity index (χ4n) is 1.43. The van der Waals surface area contributed by atoms with Gasteiger partial charge in [-0.05, 0) is 19.1 Å². The number of hydrogen-bond acceptors (Lipinski definition) is 6. The summed E-state index contributed by atoms with van der Waals surface area (Å²) < 4.78 is 16.3. The summed E-state index contributed by atoms with van der Waals surface area (Å²) in [7, 11) is 2.95. The highest BCUT2D eigenvalue weighted by Crippen LogP contribution is 2.34. The lowest BCUT2D eigenvalue weighted by atomic mass is 10.2. The zero-order chi connectivity index (χ0) is 15.0. The van der Waals surface area contributed by atoms with Crippen LogP contribution < -0.4 is 9.47 Å². The van der Waals surface area contributed by atoms with Crippen LogP contribution in [0.2, 0.25) is 0 Å². The Morgan fingerprint density at radius 2 is 2.15 bits per heavy atom. The number of nitrogens with zero attached hydrogens (tertiary/aromatic N) is 1. The fraction of sp³-hybridized carbons (Fsp3) is 0.385. The number of benzene rings is 1. The minimum atomic E-state index is -0.452. The van der Waals surface area contributed by atoms with Gasteiger partial charge in [0, 0.05) is 10.0 Å². The van der Waals surface area contributed by atoms with Crippen LogP contribution in [0.25, 0.3) is 0 Å². The molecule has 0 N–H and O–H groups in total. The molecular weight excluding hydrogens is 330 g/mol. The maximum Gasteiger partial charge on any atom is 0.344 e. The summed E-state index contributed by atoms with van der Waals surface area (Å²) in [4.78, 5) is 16.0. The monoisotopic (exact) mass is 345 g/mol. The normalized spacial score (nSPS) is 10.4. The van der Waals surface area contributed by atoms with Crippen molar-refractivity contribution in [2.75, 3.05) is 27.4 Å². The summed E-state index contributed by atoms with van der Waals surface area (Å²) >= 11 is 3.36. The van der Waals surface area contributed by atoms with Gasteiger partial charge >= 0.3 is 5.97 Å². The van der Waals surface area contributed by atoms with Gasteiger partial charge in [0.2, 0.25) is 0 Å². The van der Waals surface area contributed by atoms with Crippen LogP contribution in [0, 0.1) is 0 Å². The van der Waals surface area contributed by atoms with E-state index >= 15 is 0 Å². The number of carbonyl (C=O) groups is 1. The second-order valence-corrected chi connectivity index (χ2v) is 4.45. The lowest BCUT2D eigenvalue weighted by Crippen LogP contribution is -2.15. The highest BCUT2D eigenvalue weighted by atomic mass is 79.9. The Balaban J connectivity index is 3.00. The first-order chi connectivity index (χ1) is 9.62. The van der Waals surface area contributed by atoms with Gasteiger partial charge < -0.3 is 19.0 Å². The molecule has 0 saturated carbocycles. The molecule has 0 aromatic heterocycles. The van der Waals surface area contributed by atoms with Gasteiger partial charge in [0.05, 0.1) is 19.9 Å². The molecule has 1 aromatic carbocycles. The molecule has 0 unspecified atom stereocenters. The van der Waals surface area contributed by atoms with Gasteiger partial charge in [-0.25, -0.2) is 4.79 Å². The van der Waals surface area contributed by atoms with Crippen LogP contribution in [0.1, 0.15) is 12.5 Å². The summed E-state index contributed by atoms with van der Waals surface area (Å²) in [6, 6.07) is 3.50. The average Bonchev–Trinajstić information content (AvgIpc) is 2.43. The van der Waals surface area contributed by atoms with Crippen LogP contribution in [0.15, 0.2) is 21.8 Å². The number of oxime groups is 1. The molecule has 0 fully saturated rings. The van der Waals surface area contributed by atoms with Crippen LogP contribution in [-0.4, -0.2) is 39.6 Å². The van der Waals surface area contributed by atoms with E-state index in [1.807, 2.05) is 0 Å². The van der Waals surface area contributed by atoms with Crippen molar-refractivity contribution in [3.05, 3.63) is 22.2 Å². The smallest absolute Gasteiger partial charge is 0.344 e. The van der Waals surface area contributed by atoms with Crippen molar-refractivity contribution in [1.29, 1.82) is 0 Å². The molecule has 0 spiro atoms. The number of methoxy groups -OCH3 is 1. The summed E-state index contributed by atoms with van der Waals surface area (Å²) in [6.07, 6.45) is 1.47. The maximum absolute atomic E-state index is 11.4. The van der Waals surface area contributed by atoms with E-state index in [1.165, 1.54) is 20.4 Å². The highest BCUT2D eigenvalue weighted by molar-refractivity contribution is 9.10. The molecular formula is C13H16BrNO5. The van der Waals surface area contributed by atoms with Crippen molar-refractivity contribution in [2.24, 2.45) is 5.16 Å². The molecule has 6 nitrogen and oxygen atoms in total. The summed E-state index contributed by atoms with van der Waals surface area (Å²) in [6.45, 7) is 1.83. The van der Waals surface area contributed by atoms with Crippen LogP contribution in [-0.2, 0) is 14.4 Å². The molecule has 0 aliphatic heterocycles. The lowest BCUT2D eigenvalue weighted by Gasteiger charge is -2.13. The quantitative estimate of drug-likeness (QED) is 0.431. The van der Waals surface area contributed by atoms with Crippen LogP contribution in [0.5, 0.6) is 11.5 Å². The van der Waals surface area contributed by atoms with E-state index in [1.54, 1.807) is 19.1 Å². The number of hydrogen-bond donors (Lipinski definition) is 0. The van der Waals surface area contributed by atoms with E-state index < -0.39 is 5.97 Å². The molecule has 110 valence electrons. The standard InChI is InChI=1S/C13H16BrNO5/c1-4-19-12(16)8-20-13-9(7-15-18-3)5-10(14)6-11(13)17-2/h5-7H,4,8H2,1-3H3. The largest absolute Gasteiger partial charge is 0.493 e. The predicted molar refractivity (Wildman–Crippen MR) is 77.4 cm³/mol. The summed E-state index contributed by atoms with van der Waals surface area (Å²) in [5.74, 6) is 0.415. The molecule has 0 bridgehead atoms. The first kappa shape index (κ1) is 16.3. The van der Waals surface area contributed by atoms with Gasteiger partial charge in [0.15, 0.2) is 18.1 Å². The van der Waals surface area contributed by atoms with Crippen molar-refractivity contribution in [1.82, 2.24) is 0 Å². The SMILES string of the molecule is CCOC(=O)COc1c(C=NOC)cc(Br)cc1OC. The molecule has 1 aromatic rings. The van der Waals surface area contributed by atoms with Crippen molar-refractivity contribution in [2.45, 2.75) is 6.92 Å². The van der Waals surface area contributed by atoms with E-state index in [0.717, 1.165) is 4.47 Å². The van der Waals surface area contributed by atoms with E-state index in [0.29, 0.717) is 23.7 Å². The molecule has 0 atom stereocenters. The third kappa shape index (κ3) is 4.73. The lowest BCUT2D eigenvalue weighted by molar-refractivity contribution is -0.145. The Labute approximate surface area is 125 Å². The number of halogens is 1. The van der Waals surface area contributed by atoms with E-state index in [2.05, 4.69) is 25.9 Å². The number of ether oxygens (including phenoxy) is 3. The molecule has 20 heavy (non-hydrogen) atoms. The van der Waals surface area contributed by atoms with Crippen LogP contribution in [0.3, 0.4) is 0 Å². The van der Waals surface area contributed by atoms with Gasteiger partial charge in [0.1, 0.15) is 7.11 Å². The van der Waals surface area contributed by atoms with Crippen molar-refractivity contribution >= 4 is 28.1 Å². The Morgan fingerprint density at radius 1 is 1.40 bits per heavy atom. The molecule has 1 rings (SSSR count). The molecule has 0 radical (unpaired) electrons. The second kappa shape index (κ2) is 8.42. The molecule has 0 saturated heterocycles. The average molecular weight is 346 g/mol. The Kier molecular flexibility index (Phi) is 6.86. The minimum absolute atomic E-state index is 0.209. The molecule has 7 heteroatoms. The zero-order valence-corrected chi connectivity index (χ0v) is 13.1. The second-order valence-electron chi connectivity index (χ2n) is 3.54. The predicted octanol–water partition coefficient (Wildman–Crippen LogP) is 2.38. The van der Waals surface area contributed by atoms with Gasteiger partial charge in [-0.15, -0.1) is 0 Å². The third-order valence-electron chi connectivity index (χ3n) is 2.21. The Bertz CT molecular complexity index is 490.